The Morgan fingerprint density at radius 3 is 2.50 bits per heavy atom. The van der Waals surface area contributed by atoms with Crippen molar-refractivity contribution in [2.24, 2.45) is 0 Å². The molecule has 2 rings (SSSR count). The highest BCUT2D eigenvalue weighted by Gasteiger charge is 2.19. The number of halogens is 2. The van der Waals surface area contributed by atoms with Crippen LogP contribution in [0.1, 0.15) is 26.6 Å². The molecule has 0 saturated carbocycles. The zero-order valence-corrected chi connectivity index (χ0v) is 13.0. The molecule has 1 heterocycles. The Morgan fingerprint density at radius 1 is 1.15 bits per heavy atom. The molecule has 6 heteroatoms. The first kappa shape index (κ1) is 14.9. The second-order valence-electron chi connectivity index (χ2n) is 5.48. The Morgan fingerprint density at radius 2 is 1.85 bits per heavy atom. The van der Waals surface area contributed by atoms with Gasteiger partial charge in [0.15, 0.2) is 0 Å². The summed E-state index contributed by atoms with van der Waals surface area (Å²) in [6.45, 7) is 6.08. The highest BCUT2D eigenvalue weighted by Crippen LogP contribution is 2.32. The van der Waals surface area contributed by atoms with Gasteiger partial charge in [-0.15, -0.1) is 0 Å². The lowest BCUT2D eigenvalue weighted by Crippen LogP contribution is -2.17. The van der Waals surface area contributed by atoms with Crippen molar-refractivity contribution in [3.63, 3.8) is 0 Å². The van der Waals surface area contributed by atoms with Gasteiger partial charge in [0.2, 0.25) is 0 Å². The fraction of sp³-hybridized carbons (Fsp3) is 0.286. The lowest BCUT2D eigenvalue weighted by atomic mass is 9.96. The largest absolute Gasteiger partial charge is 0.384 e. The highest BCUT2D eigenvalue weighted by molar-refractivity contribution is 6.43. The van der Waals surface area contributed by atoms with E-state index in [1.165, 1.54) is 0 Å². The van der Waals surface area contributed by atoms with Gasteiger partial charge in [0.25, 0.3) is 0 Å². The Hall–Kier alpha value is -1.52. The molecule has 0 amide bonds. The average molecular weight is 311 g/mol. The number of hydrogen-bond donors (Lipinski definition) is 2. The number of rotatable bonds is 2. The van der Waals surface area contributed by atoms with Crippen LogP contribution in [-0.4, -0.2) is 9.97 Å². The standard InChI is InChI=1S/C14H16Cl2N4/c1-14(2,3)13-19-10(17)7-11(20-13)18-9-6-4-5-8(15)12(9)16/h4-7H,1-3H3,(H3,17,18,19,20). The molecule has 1 aromatic heterocycles. The van der Waals surface area contributed by atoms with Crippen molar-refractivity contribution in [3.05, 3.63) is 40.1 Å². The summed E-state index contributed by atoms with van der Waals surface area (Å²) in [4.78, 5) is 8.72. The van der Waals surface area contributed by atoms with E-state index in [1.807, 2.05) is 32.9 Å². The maximum atomic E-state index is 6.14. The number of anilines is 3. The third-order valence-corrected chi connectivity index (χ3v) is 3.45. The van der Waals surface area contributed by atoms with Crippen molar-refractivity contribution in [1.82, 2.24) is 9.97 Å². The van der Waals surface area contributed by atoms with Crippen LogP contribution in [0.4, 0.5) is 17.3 Å². The molecule has 0 saturated heterocycles. The lowest BCUT2D eigenvalue weighted by Gasteiger charge is -2.18. The maximum absolute atomic E-state index is 6.14. The third kappa shape index (κ3) is 3.32. The summed E-state index contributed by atoms with van der Waals surface area (Å²) in [6.07, 6.45) is 0. The van der Waals surface area contributed by atoms with E-state index in [4.69, 9.17) is 28.9 Å². The van der Waals surface area contributed by atoms with Crippen LogP contribution in [0.5, 0.6) is 0 Å². The topological polar surface area (TPSA) is 63.8 Å². The second kappa shape index (κ2) is 5.46. The van der Waals surface area contributed by atoms with E-state index < -0.39 is 0 Å². The van der Waals surface area contributed by atoms with Gasteiger partial charge in [-0.2, -0.15) is 0 Å². The normalized spacial score (nSPS) is 11.4. The average Bonchev–Trinajstić information content (AvgIpc) is 2.33. The molecular formula is C14H16Cl2N4. The number of nitrogen functional groups attached to an aromatic ring is 1. The van der Waals surface area contributed by atoms with E-state index in [0.29, 0.717) is 33.2 Å². The molecule has 0 aliphatic heterocycles. The third-order valence-electron chi connectivity index (χ3n) is 2.63. The van der Waals surface area contributed by atoms with E-state index in [2.05, 4.69) is 15.3 Å². The van der Waals surface area contributed by atoms with Gasteiger partial charge < -0.3 is 11.1 Å². The molecule has 0 unspecified atom stereocenters. The predicted molar refractivity (Wildman–Crippen MR) is 84.9 cm³/mol. The molecule has 2 aromatic rings. The summed E-state index contributed by atoms with van der Waals surface area (Å²) >= 11 is 12.1. The molecule has 106 valence electrons. The minimum Gasteiger partial charge on any atom is -0.384 e. The van der Waals surface area contributed by atoms with Gasteiger partial charge >= 0.3 is 0 Å². The van der Waals surface area contributed by atoms with Crippen LogP contribution in [0.2, 0.25) is 10.0 Å². The van der Waals surface area contributed by atoms with Crippen LogP contribution in [0.3, 0.4) is 0 Å². The SMILES string of the molecule is CC(C)(C)c1nc(N)cc(Nc2cccc(Cl)c2Cl)n1. The van der Waals surface area contributed by atoms with Crippen molar-refractivity contribution in [3.8, 4) is 0 Å². The number of nitrogens with two attached hydrogens (primary N) is 1. The smallest absolute Gasteiger partial charge is 0.138 e. The van der Waals surface area contributed by atoms with Crippen molar-refractivity contribution in [2.75, 3.05) is 11.1 Å². The number of nitrogens with zero attached hydrogens (tertiary/aromatic N) is 2. The first-order valence-corrected chi connectivity index (χ1v) is 6.89. The van der Waals surface area contributed by atoms with E-state index >= 15 is 0 Å². The van der Waals surface area contributed by atoms with Crippen molar-refractivity contribution >= 4 is 40.5 Å². The van der Waals surface area contributed by atoms with Crippen LogP contribution in [0.15, 0.2) is 24.3 Å². The summed E-state index contributed by atoms with van der Waals surface area (Å²) in [5.74, 6) is 1.66. The first-order valence-electron chi connectivity index (χ1n) is 6.13. The minimum absolute atomic E-state index is 0.191. The van der Waals surface area contributed by atoms with Crippen LogP contribution < -0.4 is 11.1 Å². The molecule has 0 fully saturated rings. The van der Waals surface area contributed by atoms with Crippen LogP contribution in [0, 0.1) is 0 Å². The van der Waals surface area contributed by atoms with Gasteiger partial charge in [0, 0.05) is 11.5 Å². The van der Waals surface area contributed by atoms with E-state index in [1.54, 1.807) is 12.1 Å². The molecule has 0 aliphatic rings. The van der Waals surface area contributed by atoms with Gasteiger partial charge in [-0.3, -0.25) is 0 Å². The Bertz CT molecular complexity index is 636. The lowest BCUT2D eigenvalue weighted by molar-refractivity contribution is 0.547. The van der Waals surface area contributed by atoms with Crippen LogP contribution >= 0.6 is 23.2 Å². The zero-order chi connectivity index (χ0) is 14.9. The summed E-state index contributed by atoms with van der Waals surface area (Å²) in [6, 6.07) is 7.02. The molecule has 0 radical (unpaired) electrons. The molecule has 3 N–H and O–H groups in total. The van der Waals surface area contributed by atoms with Gasteiger partial charge in [0.1, 0.15) is 17.5 Å². The molecule has 0 spiro atoms. The van der Waals surface area contributed by atoms with E-state index in [-0.39, 0.29) is 5.41 Å². The van der Waals surface area contributed by atoms with Gasteiger partial charge in [-0.05, 0) is 12.1 Å². The highest BCUT2D eigenvalue weighted by atomic mass is 35.5. The molecule has 20 heavy (non-hydrogen) atoms. The molecule has 0 aliphatic carbocycles. The summed E-state index contributed by atoms with van der Waals surface area (Å²) in [5.41, 5.74) is 6.31. The van der Waals surface area contributed by atoms with Crippen molar-refractivity contribution in [1.29, 1.82) is 0 Å². The predicted octanol–water partition coefficient (Wildman–Crippen LogP) is 4.41. The quantitative estimate of drug-likeness (QED) is 0.862. The molecule has 1 aromatic carbocycles. The number of benzene rings is 1. The van der Waals surface area contributed by atoms with Crippen LogP contribution in [-0.2, 0) is 5.41 Å². The van der Waals surface area contributed by atoms with E-state index in [0.717, 1.165) is 0 Å². The van der Waals surface area contributed by atoms with Gasteiger partial charge in [-0.25, -0.2) is 9.97 Å². The number of aromatic nitrogens is 2. The fourth-order valence-corrected chi connectivity index (χ4v) is 1.95. The van der Waals surface area contributed by atoms with Gasteiger partial charge in [0.05, 0.1) is 15.7 Å². The van der Waals surface area contributed by atoms with Gasteiger partial charge in [-0.1, -0.05) is 50.0 Å². The molecule has 4 nitrogen and oxygen atoms in total. The molecular weight excluding hydrogens is 295 g/mol. The Labute approximate surface area is 128 Å². The van der Waals surface area contributed by atoms with Crippen molar-refractivity contribution in [2.45, 2.75) is 26.2 Å². The van der Waals surface area contributed by atoms with Crippen LogP contribution in [0.25, 0.3) is 0 Å². The second-order valence-corrected chi connectivity index (χ2v) is 6.26. The zero-order valence-electron chi connectivity index (χ0n) is 11.5. The summed E-state index contributed by atoms with van der Waals surface area (Å²) < 4.78 is 0. The monoisotopic (exact) mass is 310 g/mol. The first-order chi connectivity index (χ1) is 9.27. The maximum Gasteiger partial charge on any atom is 0.138 e. The summed E-state index contributed by atoms with van der Waals surface area (Å²) in [7, 11) is 0. The minimum atomic E-state index is -0.191. The fourth-order valence-electron chi connectivity index (χ4n) is 1.60. The molecule has 0 atom stereocenters. The van der Waals surface area contributed by atoms with Crippen molar-refractivity contribution < 1.29 is 0 Å². The van der Waals surface area contributed by atoms with E-state index in [9.17, 15) is 0 Å². The number of hydrogen-bond acceptors (Lipinski definition) is 4. The number of nitrogens with one attached hydrogen (secondary N) is 1. The Kier molecular flexibility index (Phi) is 4.06. The summed E-state index contributed by atoms with van der Waals surface area (Å²) in [5, 5.41) is 4.05. The molecule has 0 bridgehead atoms. The Balaban J connectivity index is 2.39.